The van der Waals surface area contributed by atoms with Crippen molar-refractivity contribution in [2.24, 2.45) is 0 Å². The first-order valence-corrected chi connectivity index (χ1v) is 18.8. The number of rotatable bonds is 7. The summed E-state index contributed by atoms with van der Waals surface area (Å²) in [6, 6.07) is 69.9. The van der Waals surface area contributed by atoms with E-state index in [2.05, 4.69) is 164 Å². The summed E-state index contributed by atoms with van der Waals surface area (Å²) in [6.45, 7) is 0. The standard InChI is InChI=1S/C52H34N4/c1-3-11-35(12-4-1)36-25-27-40(28-26-36)51-54-50(39-13-5-2-6-14-39)55-52(56-51)45-19-10-17-42(32-45)38-23-21-37(22-24-38)41-16-9-18-43(31-41)44-29-30-48-47-20-8-7-15-46(47)34-53-49(48)33-44/h1-34H. The highest BCUT2D eigenvalue weighted by atomic mass is 15.0. The van der Waals surface area contributed by atoms with E-state index in [4.69, 9.17) is 19.9 Å². The summed E-state index contributed by atoms with van der Waals surface area (Å²) in [5, 5.41) is 3.55. The highest BCUT2D eigenvalue weighted by Gasteiger charge is 2.14. The Morgan fingerprint density at radius 3 is 1.29 bits per heavy atom. The van der Waals surface area contributed by atoms with Gasteiger partial charge in [-0.3, -0.25) is 4.98 Å². The van der Waals surface area contributed by atoms with Gasteiger partial charge in [-0.05, 0) is 68.1 Å². The van der Waals surface area contributed by atoms with Gasteiger partial charge in [0, 0.05) is 33.7 Å². The highest BCUT2D eigenvalue weighted by molar-refractivity contribution is 6.06. The molecule has 0 aliphatic rings. The summed E-state index contributed by atoms with van der Waals surface area (Å²) in [6.07, 6.45) is 1.96. The fraction of sp³-hybridized carbons (Fsp3) is 0. The largest absolute Gasteiger partial charge is 0.256 e. The van der Waals surface area contributed by atoms with Gasteiger partial charge in [0.15, 0.2) is 17.5 Å². The lowest BCUT2D eigenvalue weighted by Gasteiger charge is -2.11. The van der Waals surface area contributed by atoms with Gasteiger partial charge in [0.25, 0.3) is 0 Å². The van der Waals surface area contributed by atoms with Gasteiger partial charge in [0.1, 0.15) is 0 Å². The van der Waals surface area contributed by atoms with Crippen molar-refractivity contribution in [1.29, 1.82) is 0 Å². The summed E-state index contributed by atoms with van der Waals surface area (Å²) < 4.78 is 0. The van der Waals surface area contributed by atoms with E-state index in [1.807, 2.05) is 42.6 Å². The van der Waals surface area contributed by atoms with Crippen LogP contribution in [0.15, 0.2) is 206 Å². The minimum Gasteiger partial charge on any atom is -0.256 e. The predicted molar refractivity (Wildman–Crippen MR) is 231 cm³/mol. The van der Waals surface area contributed by atoms with Gasteiger partial charge in [0.05, 0.1) is 5.52 Å². The van der Waals surface area contributed by atoms with Crippen molar-refractivity contribution in [2.45, 2.75) is 0 Å². The molecular weight excluding hydrogens is 681 g/mol. The Bertz CT molecular complexity index is 2990. The Balaban J connectivity index is 0.951. The molecule has 262 valence electrons. The fourth-order valence-electron chi connectivity index (χ4n) is 7.40. The first-order valence-electron chi connectivity index (χ1n) is 18.8. The van der Waals surface area contributed by atoms with Crippen LogP contribution < -0.4 is 0 Å². The molecule has 4 heteroatoms. The van der Waals surface area contributed by atoms with E-state index in [-0.39, 0.29) is 0 Å². The van der Waals surface area contributed by atoms with Gasteiger partial charge in [-0.15, -0.1) is 0 Å². The first-order chi connectivity index (χ1) is 27.7. The maximum Gasteiger partial charge on any atom is 0.164 e. The topological polar surface area (TPSA) is 51.6 Å². The molecule has 0 N–H and O–H groups in total. The minimum absolute atomic E-state index is 0.633. The molecule has 4 nitrogen and oxygen atoms in total. The van der Waals surface area contributed by atoms with E-state index < -0.39 is 0 Å². The van der Waals surface area contributed by atoms with Crippen LogP contribution >= 0.6 is 0 Å². The molecule has 0 fully saturated rings. The average Bonchev–Trinajstić information content (AvgIpc) is 3.29. The summed E-state index contributed by atoms with van der Waals surface area (Å²) in [5.74, 6) is 1.91. The first kappa shape index (κ1) is 33.0. The third-order valence-corrected chi connectivity index (χ3v) is 10.4. The molecule has 0 atom stereocenters. The number of nitrogens with zero attached hydrogens (tertiary/aromatic N) is 4. The second-order valence-electron chi connectivity index (χ2n) is 13.9. The molecular formula is C52H34N4. The van der Waals surface area contributed by atoms with Crippen LogP contribution in [-0.4, -0.2) is 19.9 Å². The Morgan fingerprint density at radius 2 is 0.643 bits per heavy atom. The highest BCUT2D eigenvalue weighted by Crippen LogP contribution is 2.33. The maximum absolute atomic E-state index is 5.03. The molecule has 0 spiro atoms. The van der Waals surface area contributed by atoms with Gasteiger partial charge in [-0.2, -0.15) is 0 Å². The van der Waals surface area contributed by atoms with Crippen LogP contribution in [0.4, 0.5) is 0 Å². The number of hydrogen-bond donors (Lipinski definition) is 0. The third-order valence-electron chi connectivity index (χ3n) is 10.4. The van der Waals surface area contributed by atoms with Crippen LogP contribution in [0.5, 0.6) is 0 Å². The average molecular weight is 715 g/mol. The van der Waals surface area contributed by atoms with Gasteiger partial charge < -0.3 is 0 Å². The van der Waals surface area contributed by atoms with Crippen LogP contribution in [-0.2, 0) is 0 Å². The van der Waals surface area contributed by atoms with Gasteiger partial charge >= 0.3 is 0 Å². The van der Waals surface area contributed by atoms with Gasteiger partial charge in [-0.25, -0.2) is 15.0 Å². The molecule has 2 aromatic heterocycles. The second kappa shape index (κ2) is 14.3. The fourth-order valence-corrected chi connectivity index (χ4v) is 7.40. The zero-order valence-corrected chi connectivity index (χ0v) is 30.4. The Hall–Kier alpha value is -7.56. The lowest BCUT2D eigenvalue weighted by atomic mass is 9.96. The molecule has 10 aromatic rings. The smallest absolute Gasteiger partial charge is 0.164 e. The normalized spacial score (nSPS) is 11.2. The van der Waals surface area contributed by atoms with E-state index in [1.54, 1.807) is 0 Å². The molecule has 0 amide bonds. The van der Waals surface area contributed by atoms with Crippen molar-refractivity contribution in [3.63, 3.8) is 0 Å². The number of fused-ring (bicyclic) bond motifs is 3. The Kier molecular flexibility index (Phi) is 8.47. The molecule has 0 bridgehead atoms. The van der Waals surface area contributed by atoms with Crippen molar-refractivity contribution in [2.75, 3.05) is 0 Å². The summed E-state index contributed by atoms with van der Waals surface area (Å²) in [7, 11) is 0. The van der Waals surface area contributed by atoms with E-state index in [9.17, 15) is 0 Å². The Morgan fingerprint density at radius 1 is 0.250 bits per heavy atom. The Labute approximate surface area is 325 Å². The lowest BCUT2D eigenvalue weighted by Crippen LogP contribution is -2.00. The monoisotopic (exact) mass is 714 g/mol. The summed E-state index contributed by atoms with van der Waals surface area (Å²) in [4.78, 5) is 19.7. The van der Waals surface area contributed by atoms with E-state index in [0.29, 0.717) is 17.5 Å². The molecule has 0 saturated heterocycles. The van der Waals surface area contributed by atoms with Gasteiger partial charge in [0.2, 0.25) is 0 Å². The zero-order valence-electron chi connectivity index (χ0n) is 30.4. The maximum atomic E-state index is 5.03. The van der Waals surface area contributed by atoms with Crippen molar-refractivity contribution < 1.29 is 0 Å². The molecule has 0 radical (unpaired) electrons. The van der Waals surface area contributed by atoms with Crippen LogP contribution in [0.2, 0.25) is 0 Å². The number of benzene rings is 8. The van der Waals surface area contributed by atoms with Crippen molar-refractivity contribution >= 4 is 21.7 Å². The quantitative estimate of drug-likeness (QED) is 0.154. The van der Waals surface area contributed by atoms with Crippen molar-refractivity contribution in [1.82, 2.24) is 19.9 Å². The predicted octanol–water partition coefficient (Wildman–Crippen LogP) is 13.2. The SMILES string of the molecule is c1ccc(-c2ccc(-c3nc(-c4ccccc4)nc(-c4cccc(-c5ccc(-c6cccc(-c7ccc8c(c7)ncc7ccccc78)c6)cc5)c4)n3)cc2)cc1. The molecule has 0 aliphatic heterocycles. The van der Waals surface area contributed by atoms with E-state index in [0.717, 1.165) is 66.5 Å². The molecule has 2 heterocycles. The molecule has 0 saturated carbocycles. The molecule has 0 aliphatic carbocycles. The van der Waals surface area contributed by atoms with Crippen LogP contribution in [0.25, 0.3) is 100 Å². The summed E-state index contributed by atoms with van der Waals surface area (Å²) >= 11 is 0. The molecule has 10 rings (SSSR count). The van der Waals surface area contributed by atoms with Crippen molar-refractivity contribution in [3.05, 3.63) is 206 Å². The minimum atomic E-state index is 0.633. The van der Waals surface area contributed by atoms with E-state index in [1.165, 1.54) is 16.3 Å². The third kappa shape index (κ3) is 6.50. The molecule has 56 heavy (non-hydrogen) atoms. The van der Waals surface area contributed by atoms with Crippen LogP contribution in [0.3, 0.4) is 0 Å². The zero-order chi connectivity index (χ0) is 37.3. The van der Waals surface area contributed by atoms with Gasteiger partial charge in [-0.1, -0.05) is 182 Å². The van der Waals surface area contributed by atoms with Crippen molar-refractivity contribution in [3.8, 4) is 78.7 Å². The number of hydrogen-bond acceptors (Lipinski definition) is 4. The molecule has 0 unspecified atom stereocenters. The lowest BCUT2D eigenvalue weighted by molar-refractivity contribution is 1.07. The summed E-state index contributed by atoms with van der Waals surface area (Å²) in [5.41, 5.74) is 13.0. The number of aromatic nitrogens is 4. The van der Waals surface area contributed by atoms with E-state index >= 15 is 0 Å². The van der Waals surface area contributed by atoms with Crippen LogP contribution in [0.1, 0.15) is 0 Å². The molecule has 8 aromatic carbocycles. The van der Waals surface area contributed by atoms with Crippen LogP contribution in [0, 0.1) is 0 Å². The second-order valence-corrected chi connectivity index (χ2v) is 13.9. The number of pyridine rings is 1.